The van der Waals surface area contributed by atoms with Gasteiger partial charge < -0.3 is 14.9 Å². The van der Waals surface area contributed by atoms with E-state index in [1.807, 2.05) is 0 Å². The van der Waals surface area contributed by atoms with Crippen molar-refractivity contribution in [2.75, 3.05) is 6.61 Å². The summed E-state index contributed by atoms with van der Waals surface area (Å²) >= 11 is 4.56. The second kappa shape index (κ2) is 5.37. The number of aromatic amines is 1. The molecular formula is C10H9F5N2O4S. The Kier molecular flexibility index (Phi) is 4.14. The molecule has 0 saturated carbocycles. The summed E-state index contributed by atoms with van der Waals surface area (Å²) in [6.45, 7) is -1.11. The van der Waals surface area contributed by atoms with Crippen LogP contribution < -0.4 is 5.56 Å². The first-order chi connectivity index (χ1) is 10.0. The maximum Gasteiger partial charge on any atom is 0.429 e. The van der Waals surface area contributed by atoms with Crippen molar-refractivity contribution in [1.29, 1.82) is 0 Å². The lowest BCUT2D eigenvalue weighted by Crippen LogP contribution is -2.54. The highest BCUT2D eigenvalue weighted by Gasteiger charge is 2.72. The number of rotatable bonds is 2. The van der Waals surface area contributed by atoms with Crippen LogP contribution in [0.1, 0.15) is 6.23 Å². The van der Waals surface area contributed by atoms with Crippen molar-refractivity contribution in [2.24, 2.45) is 0 Å². The highest BCUT2D eigenvalue weighted by Crippen LogP contribution is 2.51. The van der Waals surface area contributed by atoms with Crippen LogP contribution in [0.15, 0.2) is 11.0 Å². The average Bonchev–Trinajstić information content (AvgIpc) is 2.67. The van der Waals surface area contributed by atoms with Gasteiger partial charge in [-0.05, 0) is 12.2 Å². The summed E-state index contributed by atoms with van der Waals surface area (Å²) < 4.78 is 71.0. The number of halogens is 5. The van der Waals surface area contributed by atoms with E-state index in [0.29, 0.717) is 0 Å². The normalized spacial score (nSPS) is 32.4. The molecule has 0 aromatic carbocycles. The lowest BCUT2D eigenvalue weighted by molar-refractivity contribution is -0.274. The summed E-state index contributed by atoms with van der Waals surface area (Å²) in [6.07, 6.45) is -12.7. The molecular weight excluding hydrogens is 339 g/mol. The zero-order valence-electron chi connectivity index (χ0n) is 10.5. The molecule has 0 amide bonds. The highest BCUT2D eigenvalue weighted by molar-refractivity contribution is 7.71. The first kappa shape index (κ1) is 17.0. The molecule has 22 heavy (non-hydrogen) atoms. The Morgan fingerprint density at radius 2 is 2.09 bits per heavy atom. The standard InChI is InChI=1S/C10H9F5N2O4S/c11-3-1-17(8(22)16-6(3)20)7-9(12,10(13,14)15)5(19)4(2-18)21-7/h1,4-5,7,18-19H,2H2,(H,16,20,22)/t4-,5+,7-,9?/m1/s1. The second-order valence-electron chi connectivity index (χ2n) is 4.56. The van der Waals surface area contributed by atoms with Crippen LogP contribution in [0.3, 0.4) is 0 Å². The van der Waals surface area contributed by atoms with Gasteiger partial charge >= 0.3 is 6.18 Å². The van der Waals surface area contributed by atoms with E-state index in [-0.39, 0.29) is 10.8 Å². The number of hydrogen-bond donors (Lipinski definition) is 3. The summed E-state index contributed by atoms with van der Waals surface area (Å²) in [7, 11) is 0. The van der Waals surface area contributed by atoms with Gasteiger partial charge in [-0.1, -0.05) is 0 Å². The maximum absolute atomic E-state index is 14.5. The molecule has 1 aliphatic heterocycles. The monoisotopic (exact) mass is 348 g/mol. The topological polar surface area (TPSA) is 87.5 Å². The number of nitrogens with one attached hydrogen (secondary N) is 1. The number of hydrogen-bond acceptors (Lipinski definition) is 5. The van der Waals surface area contributed by atoms with Crippen molar-refractivity contribution in [1.82, 2.24) is 9.55 Å². The lowest BCUT2D eigenvalue weighted by atomic mass is 9.95. The second-order valence-corrected chi connectivity index (χ2v) is 4.95. The van der Waals surface area contributed by atoms with Crippen LogP contribution in [-0.2, 0) is 4.74 Å². The number of alkyl halides is 4. The molecule has 0 radical (unpaired) electrons. The van der Waals surface area contributed by atoms with Crippen molar-refractivity contribution in [3.63, 3.8) is 0 Å². The van der Waals surface area contributed by atoms with E-state index in [0.717, 1.165) is 0 Å². The molecule has 6 nitrogen and oxygen atoms in total. The number of aliphatic hydroxyl groups is 2. The van der Waals surface area contributed by atoms with Gasteiger partial charge in [0.05, 0.1) is 12.8 Å². The van der Waals surface area contributed by atoms with Crippen LogP contribution in [0.25, 0.3) is 0 Å². The minimum Gasteiger partial charge on any atom is -0.394 e. The van der Waals surface area contributed by atoms with Crippen LogP contribution in [-0.4, -0.2) is 50.4 Å². The molecule has 0 aliphatic carbocycles. The third kappa shape index (κ3) is 2.35. The molecule has 2 rings (SSSR count). The van der Waals surface area contributed by atoms with Gasteiger partial charge in [-0.3, -0.25) is 14.3 Å². The van der Waals surface area contributed by atoms with Gasteiger partial charge in [0.15, 0.2) is 11.0 Å². The number of aromatic nitrogens is 2. The Bertz CT molecular complexity index is 689. The minimum atomic E-state index is -5.61. The molecule has 0 spiro atoms. The van der Waals surface area contributed by atoms with Crippen molar-refractivity contribution < 1.29 is 36.9 Å². The van der Waals surface area contributed by atoms with E-state index in [1.165, 1.54) is 0 Å². The van der Waals surface area contributed by atoms with Crippen LogP contribution in [0.5, 0.6) is 0 Å². The van der Waals surface area contributed by atoms with Gasteiger partial charge in [0.1, 0.15) is 12.2 Å². The Hall–Kier alpha value is -1.37. The van der Waals surface area contributed by atoms with Crippen molar-refractivity contribution >= 4 is 12.2 Å². The van der Waals surface area contributed by atoms with Crippen molar-refractivity contribution in [2.45, 2.75) is 30.3 Å². The van der Waals surface area contributed by atoms with Crippen molar-refractivity contribution in [3.05, 3.63) is 27.1 Å². The number of nitrogens with zero attached hydrogens (tertiary/aromatic N) is 1. The Balaban J connectivity index is 2.65. The fourth-order valence-corrected chi connectivity index (χ4v) is 2.35. The van der Waals surface area contributed by atoms with Gasteiger partial charge in [-0.2, -0.15) is 17.6 Å². The fourth-order valence-electron chi connectivity index (χ4n) is 2.11. The molecule has 12 heteroatoms. The fraction of sp³-hybridized carbons (Fsp3) is 0.600. The molecule has 1 aromatic rings. The van der Waals surface area contributed by atoms with E-state index < -0.39 is 53.0 Å². The molecule has 1 aliphatic rings. The molecule has 0 bridgehead atoms. The zero-order chi connectivity index (χ0) is 16.9. The Morgan fingerprint density at radius 1 is 1.50 bits per heavy atom. The van der Waals surface area contributed by atoms with E-state index >= 15 is 0 Å². The SMILES string of the molecule is O=c1[nH]c(=S)n([C@@H]2O[C@H](CO)[C@H](O)C2(F)C(F)(F)F)cc1F. The Labute approximate surface area is 123 Å². The molecule has 1 unspecified atom stereocenters. The summed E-state index contributed by atoms with van der Waals surface area (Å²) in [4.78, 5) is 12.7. The first-order valence-corrected chi connectivity index (χ1v) is 6.15. The zero-order valence-corrected chi connectivity index (χ0v) is 11.3. The molecule has 1 saturated heterocycles. The Morgan fingerprint density at radius 3 is 2.59 bits per heavy atom. The van der Waals surface area contributed by atoms with Crippen LogP contribution in [0, 0.1) is 10.6 Å². The quantitative estimate of drug-likeness (QED) is 0.537. The van der Waals surface area contributed by atoms with E-state index in [9.17, 15) is 31.9 Å². The summed E-state index contributed by atoms with van der Waals surface area (Å²) in [6, 6.07) is 0. The highest BCUT2D eigenvalue weighted by atomic mass is 32.1. The third-order valence-corrected chi connectivity index (χ3v) is 3.55. The first-order valence-electron chi connectivity index (χ1n) is 5.75. The number of aliphatic hydroxyl groups excluding tert-OH is 2. The third-order valence-electron chi connectivity index (χ3n) is 3.24. The molecule has 1 fully saturated rings. The van der Waals surface area contributed by atoms with Crippen LogP contribution in [0.4, 0.5) is 22.0 Å². The van der Waals surface area contributed by atoms with Crippen molar-refractivity contribution in [3.8, 4) is 0 Å². The van der Waals surface area contributed by atoms with E-state index in [4.69, 9.17) is 5.11 Å². The molecule has 124 valence electrons. The summed E-state index contributed by atoms with van der Waals surface area (Å²) in [5.41, 5.74) is -5.67. The van der Waals surface area contributed by atoms with E-state index in [2.05, 4.69) is 17.0 Å². The minimum absolute atomic E-state index is 0.193. The number of H-pyrrole nitrogens is 1. The predicted molar refractivity (Wildman–Crippen MR) is 62.7 cm³/mol. The largest absolute Gasteiger partial charge is 0.429 e. The molecule has 1 aromatic heterocycles. The van der Waals surface area contributed by atoms with Crippen LogP contribution in [0.2, 0.25) is 0 Å². The predicted octanol–water partition coefficient (Wildman–Crippen LogP) is 0.566. The lowest BCUT2D eigenvalue weighted by Gasteiger charge is -2.31. The summed E-state index contributed by atoms with van der Waals surface area (Å²) in [5, 5.41) is 18.4. The van der Waals surface area contributed by atoms with Gasteiger partial charge in [-0.25, -0.2) is 4.39 Å². The van der Waals surface area contributed by atoms with Crippen LogP contribution >= 0.6 is 12.2 Å². The maximum atomic E-state index is 14.5. The van der Waals surface area contributed by atoms with Gasteiger partial charge in [0.2, 0.25) is 5.82 Å². The van der Waals surface area contributed by atoms with Gasteiger partial charge in [-0.15, -0.1) is 0 Å². The van der Waals surface area contributed by atoms with Gasteiger partial charge in [0, 0.05) is 0 Å². The number of ether oxygens (including phenoxy) is 1. The molecule has 4 atom stereocenters. The molecule has 3 N–H and O–H groups in total. The summed E-state index contributed by atoms with van der Waals surface area (Å²) in [5.74, 6) is -1.52. The van der Waals surface area contributed by atoms with Gasteiger partial charge in [0.25, 0.3) is 11.2 Å². The van der Waals surface area contributed by atoms with E-state index in [1.54, 1.807) is 4.98 Å². The average molecular weight is 348 g/mol. The smallest absolute Gasteiger partial charge is 0.394 e. The molecule has 2 heterocycles.